The molecule has 0 bridgehead atoms. The van der Waals surface area contributed by atoms with Crippen LogP contribution in [-0.2, 0) is 0 Å². The van der Waals surface area contributed by atoms with Crippen LogP contribution in [0, 0.1) is 5.92 Å². The van der Waals surface area contributed by atoms with Crippen LogP contribution in [0.15, 0.2) is 58.2 Å². The van der Waals surface area contributed by atoms with Gasteiger partial charge >= 0.3 is 0 Å². The van der Waals surface area contributed by atoms with Crippen molar-refractivity contribution in [1.82, 2.24) is 0 Å². The number of aliphatic hydroxyl groups is 2. The summed E-state index contributed by atoms with van der Waals surface area (Å²) in [6.07, 6.45) is 11.1. The fourth-order valence-corrected chi connectivity index (χ4v) is 3.73. The molecule has 1 fully saturated rings. The molecular weight excluding hydrogens is 236 g/mol. The van der Waals surface area contributed by atoms with E-state index in [0.717, 1.165) is 41.6 Å². The van der Waals surface area contributed by atoms with Crippen LogP contribution < -0.4 is 0 Å². The molecule has 1 saturated carbocycles. The normalized spacial score (nSPS) is 40.7. The summed E-state index contributed by atoms with van der Waals surface area (Å²) >= 11 is 0. The van der Waals surface area contributed by atoms with Crippen molar-refractivity contribution < 1.29 is 11.6 Å². The van der Waals surface area contributed by atoms with Crippen LogP contribution in [0.3, 0.4) is 0 Å². The van der Waals surface area contributed by atoms with Crippen LogP contribution in [0.4, 0.5) is 0 Å². The molecule has 4 aliphatic carbocycles. The quantitative estimate of drug-likeness (QED) is 0.698. The van der Waals surface area contributed by atoms with E-state index in [1.54, 1.807) is 6.08 Å². The van der Waals surface area contributed by atoms with Gasteiger partial charge in [0.1, 0.15) is 0 Å². The van der Waals surface area contributed by atoms with Crippen LogP contribution in [0.5, 0.6) is 0 Å². The van der Waals surface area contributed by atoms with Gasteiger partial charge < -0.3 is 10.2 Å². The van der Waals surface area contributed by atoms with Crippen molar-refractivity contribution in [3.8, 4) is 0 Å². The number of allylic oxidation sites excluding steroid dienone is 7. The van der Waals surface area contributed by atoms with Gasteiger partial charge in [-0.05, 0) is 54.1 Å². The second kappa shape index (κ2) is 4.06. The van der Waals surface area contributed by atoms with Gasteiger partial charge in [0.2, 0.25) is 0 Å². The summed E-state index contributed by atoms with van der Waals surface area (Å²) in [4.78, 5) is 0. The maximum absolute atomic E-state index is 10.6. The summed E-state index contributed by atoms with van der Waals surface area (Å²) in [5.41, 5.74) is 5.18. The van der Waals surface area contributed by atoms with E-state index in [1.165, 1.54) is 5.57 Å². The Labute approximate surface area is 114 Å². The first-order chi connectivity index (χ1) is 9.56. The predicted octanol–water partition coefficient (Wildman–Crippen LogP) is 2.57. The lowest BCUT2D eigenvalue weighted by atomic mass is 9.71. The number of hydrogen-bond acceptors (Lipinski definition) is 2. The Bertz CT molecular complexity index is 631. The highest BCUT2D eigenvalue weighted by Crippen LogP contribution is 2.45. The molecule has 4 rings (SSSR count). The minimum absolute atomic E-state index is 0.180. The minimum atomic E-state index is -1.64. The number of aliphatic hydroxyl groups excluding tert-OH is 1. The standard InChI is InChI=1S/C17H18O2/c18-12-5-7-14-11(8-12)4-6-15-13-3-1-2-10(13)9-16(19)17(14)15/h1-2,4,6,9,11-12,16,18-19H,3,5,7-8H2/i16D. The molecule has 0 amide bonds. The molecule has 19 heavy (non-hydrogen) atoms. The van der Waals surface area contributed by atoms with Crippen molar-refractivity contribution in [2.75, 3.05) is 0 Å². The smallest absolute Gasteiger partial charge is 0.0986 e. The van der Waals surface area contributed by atoms with E-state index in [1.807, 2.05) is 6.08 Å². The Morgan fingerprint density at radius 1 is 1.26 bits per heavy atom. The second-order valence-corrected chi connectivity index (χ2v) is 5.78. The molecule has 2 nitrogen and oxygen atoms in total. The van der Waals surface area contributed by atoms with Gasteiger partial charge in [-0.15, -0.1) is 0 Å². The average Bonchev–Trinajstić information content (AvgIpc) is 2.84. The van der Waals surface area contributed by atoms with Crippen LogP contribution in [0.2, 0.25) is 0 Å². The molecule has 3 atom stereocenters. The number of fused-ring (bicyclic) bond motifs is 3. The minimum Gasteiger partial charge on any atom is -0.393 e. The van der Waals surface area contributed by atoms with Gasteiger partial charge in [-0.25, -0.2) is 0 Å². The largest absolute Gasteiger partial charge is 0.393 e. The van der Waals surface area contributed by atoms with E-state index >= 15 is 0 Å². The second-order valence-electron chi connectivity index (χ2n) is 5.78. The molecule has 0 aromatic rings. The summed E-state index contributed by atoms with van der Waals surface area (Å²) in [5, 5.41) is 20.4. The fourth-order valence-electron chi connectivity index (χ4n) is 3.73. The SMILES string of the molecule is [2H]C1(O)C=C2C=CCC2=C2C=CC3CC(O)CCC3=C21. The highest BCUT2D eigenvalue weighted by atomic mass is 16.3. The highest BCUT2D eigenvalue weighted by Gasteiger charge is 2.34. The maximum atomic E-state index is 10.6. The Morgan fingerprint density at radius 2 is 2.16 bits per heavy atom. The third kappa shape index (κ3) is 1.63. The van der Waals surface area contributed by atoms with Gasteiger partial charge in [0.25, 0.3) is 0 Å². The molecule has 0 radical (unpaired) electrons. The lowest BCUT2D eigenvalue weighted by Crippen LogP contribution is -2.28. The Hall–Kier alpha value is -1.38. The zero-order valence-corrected chi connectivity index (χ0v) is 10.8. The predicted molar refractivity (Wildman–Crippen MR) is 74.4 cm³/mol. The molecular formula is C17H18O2. The lowest BCUT2D eigenvalue weighted by Gasteiger charge is -2.36. The summed E-state index contributed by atoms with van der Waals surface area (Å²) < 4.78 is 8.33. The summed E-state index contributed by atoms with van der Waals surface area (Å²) in [7, 11) is 0. The molecule has 2 N–H and O–H groups in total. The average molecular weight is 255 g/mol. The monoisotopic (exact) mass is 255 g/mol. The van der Waals surface area contributed by atoms with Gasteiger partial charge in [0, 0.05) is 5.92 Å². The zero-order valence-electron chi connectivity index (χ0n) is 11.8. The Morgan fingerprint density at radius 3 is 3.05 bits per heavy atom. The molecule has 4 aliphatic rings. The van der Waals surface area contributed by atoms with Crippen molar-refractivity contribution in [2.45, 2.75) is 37.9 Å². The topological polar surface area (TPSA) is 40.5 Å². The maximum Gasteiger partial charge on any atom is 0.0986 e. The van der Waals surface area contributed by atoms with Crippen LogP contribution in [0.1, 0.15) is 27.1 Å². The molecule has 0 saturated heterocycles. The van der Waals surface area contributed by atoms with E-state index in [-0.39, 0.29) is 12.0 Å². The van der Waals surface area contributed by atoms with Gasteiger partial charge in [-0.1, -0.05) is 29.9 Å². The van der Waals surface area contributed by atoms with Crippen molar-refractivity contribution in [2.24, 2.45) is 5.92 Å². The molecule has 0 aromatic heterocycles. The summed E-state index contributed by atoms with van der Waals surface area (Å²) in [6, 6.07) is 0. The van der Waals surface area contributed by atoms with Gasteiger partial charge in [0.15, 0.2) is 0 Å². The van der Waals surface area contributed by atoms with Crippen molar-refractivity contribution in [3.05, 3.63) is 58.2 Å². The molecule has 0 aliphatic heterocycles. The third-order valence-corrected chi connectivity index (χ3v) is 4.65. The molecule has 98 valence electrons. The van der Waals surface area contributed by atoms with Gasteiger partial charge in [0.05, 0.1) is 13.6 Å². The van der Waals surface area contributed by atoms with Crippen molar-refractivity contribution in [3.63, 3.8) is 0 Å². The first-order valence-corrected chi connectivity index (χ1v) is 7.02. The van der Waals surface area contributed by atoms with E-state index in [2.05, 4.69) is 18.2 Å². The summed E-state index contributed by atoms with van der Waals surface area (Å²) in [6.45, 7) is 0. The van der Waals surface area contributed by atoms with Crippen LogP contribution in [-0.4, -0.2) is 22.4 Å². The molecule has 0 heterocycles. The van der Waals surface area contributed by atoms with Gasteiger partial charge in [-0.3, -0.25) is 0 Å². The third-order valence-electron chi connectivity index (χ3n) is 4.65. The first-order valence-electron chi connectivity index (χ1n) is 7.52. The van der Waals surface area contributed by atoms with Gasteiger partial charge in [-0.2, -0.15) is 0 Å². The van der Waals surface area contributed by atoms with E-state index in [4.69, 9.17) is 1.37 Å². The van der Waals surface area contributed by atoms with Crippen LogP contribution >= 0.6 is 0 Å². The molecule has 3 unspecified atom stereocenters. The lowest BCUT2D eigenvalue weighted by molar-refractivity contribution is 0.129. The Kier molecular flexibility index (Phi) is 2.22. The molecule has 2 heteroatoms. The van der Waals surface area contributed by atoms with E-state index < -0.39 is 6.08 Å². The highest BCUT2D eigenvalue weighted by molar-refractivity contribution is 5.65. The Balaban J connectivity index is 1.90. The van der Waals surface area contributed by atoms with Crippen LogP contribution in [0.25, 0.3) is 0 Å². The van der Waals surface area contributed by atoms with Crippen molar-refractivity contribution in [1.29, 1.82) is 0 Å². The molecule has 0 aromatic carbocycles. The summed E-state index contributed by atoms with van der Waals surface area (Å²) in [5.74, 6) is 0.180. The van der Waals surface area contributed by atoms with E-state index in [9.17, 15) is 10.2 Å². The zero-order chi connectivity index (χ0) is 13.9. The fraction of sp³-hybridized carbons (Fsp3) is 0.412. The number of rotatable bonds is 0. The van der Waals surface area contributed by atoms with E-state index in [0.29, 0.717) is 6.42 Å². The van der Waals surface area contributed by atoms with Crippen molar-refractivity contribution >= 4 is 0 Å². The molecule has 0 spiro atoms. The first kappa shape index (κ1) is 10.4. The number of hydrogen-bond donors (Lipinski definition) is 2.